The molecule has 2 aromatic carbocycles. The highest BCUT2D eigenvalue weighted by molar-refractivity contribution is 5.39. The molecule has 124 valence electrons. The summed E-state index contributed by atoms with van der Waals surface area (Å²) < 4.78 is 5.81. The smallest absolute Gasteiger partial charge is 0.127 e. The maximum atomic E-state index is 10.5. The van der Waals surface area contributed by atoms with Crippen molar-refractivity contribution in [2.24, 2.45) is 5.73 Å². The molecule has 0 fully saturated rings. The molecule has 0 aromatic heterocycles. The molecule has 0 saturated carbocycles. The van der Waals surface area contributed by atoms with Crippen LogP contribution in [0.3, 0.4) is 0 Å². The molecule has 2 aromatic rings. The topological polar surface area (TPSA) is 58.7 Å². The second-order valence-electron chi connectivity index (χ2n) is 6.13. The third-order valence-electron chi connectivity index (χ3n) is 3.85. The summed E-state index contributed by atoms with van der Waals surface area (Å²) >= 11 is 0. The number of hydrogen-bond acceptors (Lipinski definition) is 4. The second kappa shape index (κ2) is 8.11. The summed E-state index contributed by atoms with van der Waals surface area (Å²) in [6.45, 7) is 2.82. The largest absolute Gasteiger partial charge is 0.457 e. The van der Waals surface area contributed by atoms with Crippen LogP contribution >= 0.6 is 0 Å². The number of aliphatic hydroxyl groups excluding tert-OH is 1. The monoisotopic (exact) mass is 314 g/mol. The van der Waals surface area contributed by atoms with Crippen molar-refractivity contribution >= 4 is 0 Å². The minimum Gasteiger partial charge on any atom is -0.457 e. The Morgan fingerprint density at radius 1 is 1.09 bits per heavy atom. The lowest BCUT2D eigenvalue weighted by molar-refractivity contribution is 0.137. The number of benzene rings is 2. The first-order chi connectivity index (χ1) is 11.0. The molecule has 2 rings (SSSR count). The van der Waals surface area contributed by atoms with Crippen molar-refractivity contribution in [2.45, 2.75) is 25.5 Å². The first kappa shape index (κ1) is 17.5. The molecule has 0 radical (unpaired) electrons. The van der Waals surface area contributed by atoms with Gasteiger partial charge in [-0.25, -0.2) is 0 Å². The molecule has 0 saturated heterocycles. The van der Waals surface area contributed by atoms with Crippen LogP contribution in [0.1, 0.15) is 23.7 Å². The lowest BCUT2D eigenvalue weighted by atomic mass is 9.96. The number of hydrogen-bond donors (Lipinski definition) is 2. The Balaban J connectivity index is 2.06. The van der Waals surface area contributed by atoms with Gasteiger partial charge < -0.3 is 20.5 Å². The van der Waals surface area contributed by atoms with Gasteiger partial charge >= 0.3 is 0 Å². The van der Waals surface area contributed by atoms with Crippen molar-refractivity contribution in [3.63, 3.8) is 0 Å². The summed E-state index contributed by atoms with van der Waals surface area (Å²) in [5.41, 5.74) is 7.96. The van der Waals surface area contributed by atoms with Crippen molar-refractivity contribution in [3.8, 4) is 11.5 Å². The molecule has 23 heavy (non-hydrogen) atoms. The maximum Gasteiger partial charge on any atom is 0.127 e. The molecular weight excluding hydrogens is 288 g/mol. The summed E-state index contributed by atoms with van der Waals surface area (Å²) in [5, 5.41) is 10.5. The quantitative estimate of drug-likeness (QED) is 0.824. The van der Waals surface area contributed by atoms with E-state index in [1.165, 1.54) is 0 Å². The minimum atomic E-state index is -0.666. The van der Waals surface area contributed by atoms with Crippen molar-refractivity contribution in [3.05, 3.63) is 59.7 Å². The van der Waals surface area contributed by atoms with E-state index in [4.69, 9.17) is 10.5 Å². The van der Waals surface area contributed by atoms with Gasteiger partial charge in [-0.1, -0.05) is 24.3 Å². The first-order valence-corrected chi connectivity index (χ1v) is 7.89. The number of nitrogens with two attached hydrogens (primary N) is 1. The fourth-order valence-electron chi connectivity index (χ4n) is 2.46. The van der Waals surface area contributed by atoms with E-state index in [0.29, 0.717) is 0 Å². The van der Waals surface area contributed by atoms with E-state index in [-0.39, 0.29) is 6.04 Å². The fraction of sp³-hybridized carbons (Fsp3) is 0.368. The van der Waals surface area contributed by atoms with Gasteiger partial charge in [-0.15, -0.1) is 0 Å². The highest BCUT2D eigenvalue weighted by Gasteiger charge is 2.19. The molecule has 0 aliphatic rings. The van der Waals surface area contributed by atoms with Gasteiger partial charge in [0.1, 0.15) is 11.5 Å². The fourth-order valence-corrected chi connectivity index (χ4v) is 2.46. The number of nitrogens with zero attached hydrogens (tertiary/aromatic N) is 1. The molecule has 0 spiro atoms. The van der Waals surface area contributed by atoms with E-state index in [2.05, 4.69) is 4.90 Å². The number of rotatable bonds is 7. The van der Waals surface area contributed by atoms with Gasteiger partial charge in [-0.2, -0.15) is 0 Å². The maximum absolute atomic E-state index is 10.5. The van der Waals surface area contributed by atoms with Crippen LogP contribution in [0.15, 0.2) is 48.5 Å². The third kappa shape index (κ3) is 5.06. The normalized spacial score (nSPS) is 13.8. The van der Waals surface area contributed by atoms with Crippen LogP contribution in [0.2, 0.25) is 0 Å². The molecule has 0 aliphatic carbocycles. The molecule has 0 heterocycles. The number of ether oxygens (including phenoxy) is 1. The third-order valence-corrected chi connectivity index (χ3v) is 3.85. The summed E-state index contributed by atoms with van der Waals surface area (Å²) in [6, 6.07) is 15.1. The molecule has 4 heteroatoms. The number of aryl methyl sites for hydroxylation is 1. The average molecular weight is 314 g/mol. The van der Waals surface area contributed by atoms with Crippen LogP contribution in [0.25, 0.3) is 0 Å². The Morgan fingerprint density at radius 3 is 2.39 bits per heavy atom. The van der Waals surface area contributed by atoms with Crippen molar-refractivity contribution in [1.29, 1.82) is 0 Å². The van der Waals surface area contributed by atoms with E-state index in [1.54, 1.807) is 0 Å². The first-order valence-electron chi connectivity index (χ1n) is 7.89. The summed E-state index contributed by atoms with van der Waals surface area (Å²) in [7, 11) is 4.00. The Hall–Kier alpha value is -1.88. The van der Waals surface area contributed by atoms with Crippen LogP contribution < -0.4 is 10.5 Å². The highest BCUT2D eigenvalue weighted by atomic mass is 16.5. The average Bonchev–Trinajstić information content (AvgIpc) is 2.53. The van der Waals surface area contributed by atoms with E-state index >= 15 is 0 Å². The Bertz CT molecular complexity index is 614. The van der Waals surface area contributed by atoms with E-state index in [1.807, 2.05) is 69.6 Å². The number of aliphatic hydroxyl groups is 1. The van der Waals surface area contributed by atoms with Gasteiger partial charge in [0.25, 0.3) is 0 Å². The summed E-state index contributed by atoms with van der Waals surface area (Å²) in [5.74, 6) is 1.55. The summed E-state index contributed by atoms with van der Waals surface area (Å²) in [4.78, 5) is 2.07. The Kier molecular flexibility index (Phi) is 6.16. The highest BCUT2D eigenvalue weighted by Crippen LogP contribution is 2.28. The molecule has 3 N–H and O–H groups in total. The van der Waals surface area contributed by atoms with Gasteiger partial charge in [0.15, 0.2) is 0 Å². The Morgan fingerprint density at radius 2 is 1.78 bits per heavy atom. The Labute approximate surface area is 138 Å². The predicted octanol–water partition coefficient (Wildman–Crippen LogP) is 3.10. The van der Waals surface area contributed by atoms with E-state index < -0.39 is 6.10 Å². The van der Waals surface area contributed by atoms with Crippen LogP contribution in [0.5, 0.6) is 11.5 Å². The molecule has 4 nitrogen and oxygen atoms in total. The zero-order valence-electron chi connectivity index (χ0n) is 14.1. The second-order valence-corrected chi connectivity index (χ2v) is 6.13. The summed E-state index contributed by atoms with van der Waals surface area (Å²) in [6.07, 6.45) is 0.0799. The molecule has 2 unspecified atom stereocenters. The molecular formula is C19H26N2O2. The van der Waals surface area contributed by atoms with Crippen molar-refractivity contribution in [1.82, 2.24) is 4.90 Å². The van der Waals surface area contributed by atoms with Crippen LogP contribution in [0.4, 0.5) is 0 Å². The molecule has 2 atom stereocenters. The van der Waals surface area contributed by atoms with E-state index in [9.17, 15) is 5.11 Å². The van der Waals surface area contributed by atoms with Gasteiger partial charge in [-0.05, 0) is 69.4 Å². The zero-order valence-corrected chi connectivity index (χ0v) is 14.1. The van der Waals surface area contributed by atoms with Crippen molar-refractivity contribution in [2.75, 3.05) is 20.6 Å². The van der Waals surface area contributed by atoms with Crippen LogP contribution in [-0.4, -0.2) is 36.7 Å². The predicted molar refractivity (Wildman–Crippen MR) is 93.8 cm³/mol. The SMILES string of the molecule is Cc1cc(Oc2ccccc2)ccc1C(O)C(N)CCN(C)C. The minimum absolute atomic E-state index is 0.281. The number of para-hydroxylation sites is 1. The van der Waals surface area contributed by atoms with Gasteiger partial charge in [0, 0.05) is 6.04 Å². The molecule has 0 aliphatic heterocycles. The lowest BCUT2D eigenvalue weighted by Crippen LogP contribution is -2.32. The molecule has 0 amide bonds. The van der Waals surface area contributed by atoms with E-state index in [0.717, 1.165) is 35.6 Å². The van der Waals surface area contributed by atoms with Gasteiger partial charge in [0.2, 0.25) is 0 Å². The van der Waals surface area contributed by atoms with Crippen LogP contribution in [0, 0.1) is 6.92 Å². The zero-order chi connectivity index (χ0) is 16.8. The standard InChI is InChI=1S/C19H26N2O2/c1-14-13-16(23-15-7-5-4-6-8-15)9-10-17(14)19(22)18(20)11-12-21(2)3/h4-10,13,18-19,22H,11-12,20H2,1-3H3. The molecule has 0 bridgehead atoms. The van der Waals surface area contributed by atoms with Gasteiger partial charge in [0.05, 0.1) is 6.10 Å². The van der Waals surface area contributed by atoms with Crippen LogP contribution in [-0.2, 0) is 0 Å². The van der Waals surface area contributed by atoms with Crippen molar-refractivity contribution < 1.29 is 9.84 Å². The lowest BCUT2D eigenvalue weighted by Gasteiger charge is -2.22. The van der Waals surface area contributed by atoms with Gasteiger partial charge in [-0.3, -0.25) is 0 Å².